The molecule has 0 amide bonds. The van der Waals surface area contributed by atoms with Gasteiger partial charge in [-0.3, -0.25) is 0 Å². The van der Waals surface area contributed by atoms with Crippen LogP contribution in [0.4, 0.5) is 0 Å². The van der Waals surface area contributed by atoms with Crippen LogP contribution in [0.3, 0.4) is 0 Å². The molecule has 2 aromatic rings. The van der Waals surface area contributed by atoms with Crippen molar-refractivity contribution in [3.8, 4) is 5.75 Å². The molecule has 5 heteroatoms. The second-order valence-electron chi connectivity index (χ2n) is 5.39. The van der Waals surface area contributed by atoms with Crippen molar-refractivity contribution in [2.75, 3.05) is 6.61 Å². The van der Waals surface area contributed by atoms with Crippen molar-refractivity contribution >= 4 is 35.5 Å². The van der Waals surface area contributed by atoms with Crippen molar-refractivity contribution in [3.63, 3.8) is 0 Å². The monoisotopic (exact) mass is 338 g/mol. The summed E-state index contributed by atoms with van der Waals surface area (Å²) in [6.45, 7) is 2.13. The molecule has 0 saturated carbocycles. The number of benzene rings is 1. The highest BCUT2D eigenvalue weighted by Gasteiger charge is 2.15. The van der Waals surface area contributed by atoms with Gasteiger partial charge in [-0.05, 0) is 30.4 Å². The van der Waals surface area contributed by atoms with E-state index in [9.17, 15) is 9.90 Å². The molecule has 1 aliphatic carbocycles. The summed E-state index contributed by atoms with van der Waals surface area (Å²) < 4.78 is 12.5. The Morgan fingerprint density at radius 2 is 2.25 bits per heavy atom. The molecule has 0 spiro atoms. The van der Waals surface area contributed by atoms with Crippen LogP contribution in [0.5, 0.6) is 5.75 Å². The first kappa shape index (κ1) is 14.8. The van der Waals surface area contributed by atoms with E-state index in [1.165, 1.54) is 17.6 Å². The van der Waals surface area contributed by atoms with Crippen LogP contribution < -0.4 is 14.5 Å². The summed E-state index contributed by atoms with van der Waals surface area (Å²) in [6, 6.07) is 5.54. The van der Waals surface area contributed by atoms with Gasteiger partial charge in [0.1, 0.15) is 6.26 Å². The van der Waals surface area contributed by atoms with Gasteiger partial charge < -0.3 is 14.6 Å². The van der Waals surface area contributed by atoms with Gasteiger partial charge in [-0.15, -0.1) is 11.3 Å². The molecule has 1 N–H and O–H groups in total. The molecule has 120 valence electrons. The number of ether oxygens (including phenoxy) is 2. The van der Waals surface area contributed by atoms with Crippen molar-refractivity contribution in [3.05, 3.63) is 66.9 Å². The Bertz CT molecular complexity index is 1120. The van der Waals surface area contributed by atoms with Gasteiger partial charge in [-0.1, -0.05) is 18.2 Å². The molecule has 2 aliphatic rings. The summed E-state index contributed by atoms with van der Waals surface area (Å²) in [5.41, 5.74) is 1.47. The summed E-state index contributed by atoms with van der Waals surface area (Å²) in [7, 11) is 0. The lowest BCUT2D eigenvalue weighted by atomic mass is 10.1. The van der Waals surface area contributed by atoms with Gasteiger partial charge in [-0.2, -0.15) is 0 Å². The van der Waals surface area contributed by atoms with Gasteiger partial charge >= 0.3 is 5.97 Å². The van der Waals surface area contributed by atoms with Gasteiger partial charge in [0.2, 0.25) is 0 Å². The van der Waals surface area contributed by atoms with E-state index >= 15 is 0 Å². The Hall–Kier alpha value is -2.79. The predicted molar refractivity (Wildman–Crippen MR) is 92.9 cm³/mol. The van der Waals surface area contributed by atoms with Gasteiger partial charge in [-0.25, -0.2) is 4.79 Å². The number of aliphatic hydroxyl groups excluding tert-OH is 1. The highest BCUT2D eigenvalue weighted by atomic mass is 32.1. The molecule has 4 nitrogen and oxygen atoms in total. The largest absolute Gasteiger partial charge is 0.505 e. The van der Waals surface area contributed by atoms with E-state index in [-0.39, 0.29) is 11.7 Å². The third-order valence-electron chi connectivity index (χ3n) is 3.85. The quantitative estimate of drug-likeness (QED) is 0.855. The molecule has 0 saturated heterocycles. The Kier molecular flexibility index (Phi) is 3.50. The highest BCUT2D eigenvalue weighted by molar-refractivity contribution is 7.08. The van der Waals surface area contributed by atoms with E-state index in [4.69, 9.17) is 9.47 Å². The number of carbonyl (C=O) groups is 1. The van der Waals surface area contributed by atoms with Crippen LogP contribution in [-0.4, -0.2) is 17.7 Å². The normalized spacial score (nSPS) is 14.0. The molecule has 0 radical (unpaired) electrons. The minimum Gasteiger partial charge on any atom is -0.505 e. The second-order valence-corrected chi connectivity index (χ2v) is 6.44. The molecule has 4 rings (SSSR count). The first-order valence-electron chi connectivity index (χ1n) is 7.57. The van der Waals surface area contributed by atoms with Crippen LogP contribution in [-0.2, 0) is 4.74 Å². The standard InChI is InChI=1S/C19H14O4S/c1-2-22-19(21)12-7-6-11-4-3-5-14-17-16(9-13(20)10-23-17)24-18(14)15(11)8-12/h3-10,20H,2H2,1H3. The maximum absolute atomic E-state index is 12.0. The van der Waals surface area contributed by atoms with Gasteiger partial charge in [0.25, 0.3) is 0 Å². The van der Waals surface area contributed by atoms with Crippen molar-refractivity contribution in [1.82, 2.24) is 0 Å². The summed E-state index contributed by atoms with van der Waals surface area (Å²) in [4.78, 5) is 12.0. The van der Waals surface area contributed by atoms with E-state index in [0.29, 0.717) is 12.2 Å². The van der Waals surface area contributed by atoms with Crippen molar-refractivity contribution in [2.24, 2.45) is 0 Å². The zero-order chi connectivity index (χ0) is 16.7. The average Bonchev–Trinajstić information content (AvgIpc) is 2.83. The van der Waals surface area contributed by atoms with Crippen molar-refractivity contribution < 1.29 is 19.4 Å². The molecule has 2 heterocycles. The fourth-order valence-electron chi connectivity index (χ4n) is 2.79. The molecule has 1 aromatic carbocycles. The molecule has 0 fully saturated rings. The van der Waals surface area contributed by atoms with Gasteiger partial charge in [0.15, 0.2) is 11.5 Å². The topological polar surface area (TPSA) is 55.8 Å². The zero-order valence-corrected chi connectivity index (χ0v) is 13.7. The lowest BCUT2D eigenvalue weighted by Crippen LogP contribution is -2.09. The Labute approximate surface area is 141 Å². The number of esters is 1. The van der Waals surface area contributed by atoms with E-state index in [1.54, 1.807) is 19.1 Å². The molecule has 1 aliphatic heterocycles. The third kappa shape index (κ3) is 2.34. The fraction of sp³-hybridized carbons (Fsp3) is 0.105. The maximum atomic E-state index is 12.0. The minimum absolute atomic E-state index is 0.0925. The number of hydrogen-bond acceptors (Lipinski definition) is 5. The summed E-state index contributed by atoms with van der Waals surface area (Å²) in [6.07, 6.45) is 8.96. The van der Waals surface area contributed by atoms with Crippen LogP contribution in [0, 0.1) is 9.75 Å². The lowest BCUT2D eigenvalue weighted by Gasteiger charge is -2.04. The van der Waals surface area contributed by atoms with Crippen molar-refractivity contribution in [1.29, 1.82) is 0 Å². The first-order chi connectivity index (χ1) is 11.7. The van der Waals surface area contributed by atoms with Crippen molar-refractivity contribution in [2.45, 2.75) is 6.92 Å². The molecular weight excluding hydrogens is 324 g/mol. The molecule has 0 bridgehead atoms. The fourth-order valence-corrected chi connectivity index (χ4v) is 4.00. The third-order valence-corrected chi connectivity index (χ3v) is 5.02. The Morgan fingerprint density at radius 1 is 1.38 bits per heavy atom. The highest BCUT2D eigenvalue weighted by Crippen LogP contribution is 2.26. The number of hydrogen-bond donors (Lipinski definition) is 1. The summed E-state index contributed by atoms with van der Waals surface area (Å²) >= 11 is 1.53. The van der Waals surface area contributed by atoms with E-state index < -0.39 is 0 Å². The second kappa shape index (κ2) is 5.69. The minimum atomic E-state index is -0.331. The number of rotatable bonds is 2. The van der Waals surface area contributed by atoms with Gasteiger partial charge in [0, 0.05) is 21.4 Å². The van der Waals surface area contributed by atoms with Crippen LogP contribution in [0.15, 0.2) is 36.3 Å². The SMILES string of the molecule is CCOC(=O)c1ccc2c(c1)=c1sc3c(c1C=CC=2)OC=C(O)C=3. The molecule has 0 atom stereocenters. The number of allylic oxidation sites excluding steroid dienone is 2. The van der Waals surface area contributed by atoms with E-state index in [0.717, 1.165) is 30.8 Å². The molecular formula is C19H14O4S. The zero-order valence-electron chi connectivity index (χ0n) is 12.9. The average molecular weight is 338 g/mol. The lowest BCUT2D eigenvalue weighted by molar-refractivity contribution is 0.0526. The van der Waals surface area contributed by atoms with Crippen LogP contribution in [0.2, 0.25) is 0 Å². The predicted octanol–water partition coefficient (Wildman–Crippen LogP) is 2.59. The van der Waals surface area contributed by atoms with E-state index in [1.807, 2.05) is 30.4 Å². The summed E-state index contributed by atoms with van der Waals surface area (Å²) in [5.74, 6) is 0.490. The van der Waals surface area contributed by atoms with Crippen LogP contribution >= 0.6 is 11.3 Å². The maximum Gasteiger partial charge on any atom is 0.338 e. The molecule has 0 unspecified atom stereocenters. The Morgan fingerprint density at radius 3 is 3.08 bits per heavy atom. The molecule has 24 heavy (non-hydrogen) atoms. The summed E-state index contributed by atoms with van der Waals surface area (Å²) in [5, 5.41) is 11.6. The Balaban J connectivity index is 2.08. The number of thiophene rings is 1. The smallest absolute Gasteiger partial charge is 0.338 e. The first-order valence-corrected chi connectivity index (χ1v) is 8.39. The van der Waals surface area contributed by atoms with E-state index in [2.05, 4.69) is 0 Å². The van der Waals surface area contributed by atoms with Crippen LogP contribution in [0.25, 0.3) is 18.2 Å². The number of carbonyl (C=O) groups excluding carboxylic acids is 1. The van der Waals surface area contributed by atoms with Crippen LogP contribution in [0.1, 0.15) is 22.8 Å². The molecule has 1 aromatic heterocycles. The number of aliphatic hydroxyl groups is 1. The number of fused-ring (bicyclic) bond motifs is 4. The van der Waals surface area contributed by atoms with Gasteiger partial charge in [0.05, 0.1) is 16.7 Å².